The Morgan fingerprint density at radius 1 is 1.25 bits per heavy atom. The molecule has 2 unspecified atom stereocenters. The van der Waals surface area contributed by atoms with E-state index in [1.54, 1.807) is 49.9 Å². The predicted molar refractivity (Wildman–Crippen MR) is 101 cm³/mol. The van der Waals surface area contributed by atoms with Gasteiger partial charge in [-0.1, -0.05) is 6.07 Å². The largest absolute Gasteiger partial charge is 0.458 e. The third kappa shape index (κ3) is 4.34. The molecule has 2 heterocycles. The summed E-state index contributed by atoms with van der Waals surface area (Å²) in [5, 5.41) is 10.3. The summed E-state index contributed by atoms with van der Waals surface area (Å²) in [6.07, 6.45) is -2.07. The fraction of sp³-hybridized carbons (Fsp3) is 0.550. The summed E-state index contributed by atoms with van der Waals surface area (Å²) in [6.45, 7) is 6.92. The summed E-state index contributed by atoms with van der Waals surface area (Å²) >= 11 is 0. The van der Waals surface area contributed by atoms with Gasteiger partial charge in [0, 0.05) is 30.9 Å². The highest BCUT2D eigenvalue weighted by Gasteiger charge is 2.41. The van der Waals surface area contributed by atoms with Gasteiger partial charge in [0.15, 0.2) is 12.2 Å². The molecule has 0 bridgehead atoms. The molecule has 8 heteroatoms. The third-order valence-corrected chi connectivity index (χ3v) is 4.60. The predicted octanol–water partition coefficient (Wildman–Crippen LogP) is 0.967. The number of hydrogen-bond acceptors (Lipinski definition) is 6. The van der Waals surface area contributed by atoms with Crippen LogP contribution in [0.15, 0.2) is 24.3 Å². The van der Waals surface area contributed by atoms with Crippen molar-refractivity contribution in [1.82, 2.24) is 4.90 Å². The lowest BCUT2D eigenvalue weighted by molar-refractivity contribution is -0.177. The second-order valence-electron chi connectivity index (χ2n) is 7.96. The first-order valence-electron chi connectivity index (χ1n) is 9.40. The van der Waals surface area contributed by atoms with E-state index in [9.17, 15) is 19.5 Å². The van der Waals surface area contributed by atoms with E-state index in [0.29, 0.717) is 11.3 Å². The lowest BCUT2D eigenvalue weighted by Crippen LogP contribution is -2.55. The molecule has 1 aromatic rings. The maximum absolute atomic E-state index is 12.9. The van der Waals surface area contributed by atoms with Crippen molar-refractivity contribution < 1.29 is 29.0 Å². The van der Waals surface area contributed by atoms with E-state index in [1.807, 2.05) is 0 Å². The molecule has 2 amide bonds. The van der Waals surface area contributed by atoms with Gasteiger partial charge >= 0.3 is 5.97 Å². The number of amides is 2. The van der Waals surface area contributed by atoms with Gasteiger partial charge in [0.05, 0.1) is 6.61 Å². The number of esters is 1. The highest BCUT2D eigenvalue weighted by atomic mass is 16.6. The molecule has 28 heavy (non-hydrogen) atoms. The zero-order chi connectivity index (χ0) is 20.5. The zero-order valence-electron chi connectivity index (χ0n) is 16.4. The first-order chi connectivity index (χ1) is 13.2. The number of aliphatic hydroxyl groups excluding tert-OH is 1. The van der Waals surface area contributed by atoms with Gasteiger partial charge in [0.25, 0.3) is 11.8 Å². The van der Waals surface area contributed by atoms with Crippen molar-refractivity contribution in [2.45, 2.75) is 45.0 Å². The molecule has 0 spiro atoms. The van der Waals surface area contributed by atoms with E-state index < -0.39 is 29.7 Å². The fourth-order valence-electron chi connectivity index (χ4n) is 3.08. The number of morpholine rings is 1. The summed E-state index contributed by atoms with van der Waals surface area (Å²) in [5.41, 5.74) is 0.239. The number of carbonyl (C=O) groups is 3. The van der Waals surface area contributed by atoms with Gasteiger partial charge < -0.3 is 24.4 Å². The molecule has 152 valence electrons. The minimum Gasteiger partial charge on any atom is -0.458 e. The minimum atomic E-state index is -1.72. The van der Waals surface area contributed by atoms with E-state index in [0.717, 1.165) is 19.5 Å². The van der Waals surface area contributed by atoms with Crippen LogP contribution in [0.2, 0.25) is 0 Å². The van der Waals surface area contributed by atoms with E-state index in [2.05, 4.69) is 0 Å². The van der Waals surface area contributed by atoms with Gasteiger partial charge in [0.2, 0.25) is 0 Å². The second kappa shape index (κ2) is 7.89. The topological polar surface area (TPSA) is 96.4 Å². The van der Waals surface area contributed by atoms with Crippen molar-refractivity contribution >= 4 is 23.5 Å². The summed E-state index contributed by atoms with van der Waals surface area (Å²) in [7, 11) is 0. The molecule has 0 radical (unpaired) electrons. The van der Waals surface area contributed by atoms with Gasteiger partial charge in [-0.2, -0.15) is 0 Å². The maximum atomic E-state index is 12.9. The van der Waals surface area contributed by atoms with Crippen LogP contribution in [-0.4, -0.2) is 71.8 Å². The van der Waals surface area contributed by atoms with Crippen LogP contribution in [0.3, 0.4) is 0 Å². The molecule has 2 fully saturated rings. The van der Waals surface area contributed by atoms with Crippen molar-refractivity contribution in [2.24, 2.45) is 0 Å². The van der Waals surface area contributed by atoms with Crippen molar-refractivity contribution in [1.29, 1.82) is 0 Å². The average Bonchev–Trinajstić information content (AvgIpc) is 2.58. The van der Waals surface area contributed by atoms with Crippen LogP contribution >= 0.6 is 0 Å². The number of rotatable bonds is 4. The fourth-order valence-corrected chi connectivity index (χ4v) is 3.08. The maximum Gasteiger partial charge on any atom is 0.338 e. The zero-order valence-corrected chi connectivity index (χ0v) is 16.4. The van der Waals surface area contributed by atoms with Crippen molar-refractivity contribution in [3.63, 3.8) is 0 Å². The molecule has 2 atom stereocenters. The summed E-state index contributed by atoms with van der Waals surface area (Å²) in [4.78, 5) is 40.6. The monoisotopic (exact) mass is 390 g/mol. The molecule has 0 aromatic heterocycles. The Morgan fingerprint density at radius 2 is 1.96 bits per heavy atom. The SMILES string of the molecule is CC(C)(C)OC(=O)C(O)C1OCCN(c2cccc(C(=O)N3CCC3)c2)C1=O. The molecule has 1 aromatic carbocycles. The lowest BCUT2D eigenvalue weighted by Gasteiger charge is -2.35. The average molecular weight is 390 g/mol. The number of hydrogen-bond donors (Lipinski definition) is 1. The number of aliphatic hydroxyl groups is 1. The quantitative estimate of drug-likeness (QED) is 0.770. The summed E-state index contributed by atoms with van der Waals surface area (Å²) in [6, 6.07) is 6.79. The van der Waals surface area contributed by atoms with E-state index in [-0.39, 0.29) is 19.1 Å². The van der Waals surface area contributed by atoms with Crippen molar-refractivity contribution in [2.75, 3.05) is 31.1 Å². The standard InChI is InChI=1S/C20H26N2O6/c1-20(2,3)28-19(26)15(23)16-18(25)22(10-11-27-16)14-7-4-6-13(12-14)17(24)21-8-5-9-21/h4,6-7,12,15-16,23H,5,8-11H2,1-3H3. The lowest BCUT2D eigenvalue weighted by atomic mass is 10.1. The molecule has 0 aliphatic carbocycles. The number of nitrogens with zero attached hydrogens (tertiary/aromatic N) is 2. The highest BCUT2D eigenvalue weighted by molar-refractivity contribution is 6.02. The Labute approximate surface area is 164 Å². The van der Waals surface area contributed by atoms with E-state index in [4.69, 9.17) is 9.47 Å². The van der Waals surface area contributed by atoms with Crippen LogP contribution in [0, 0.1) is 0 Å². The Bertz CT molecular complexity index is 768. The summed E-state index contributed by atoms with van der Waals surface area (Å²) < 4.78 is 10.5. The molecule has 2 aliphatic rings. The van der Waals surface area contributed by atoms with Gasteiger partial charge in [-0.15, -0.1) is 0 Å². The molecular formula is C20H26N2O6. The number of likely N-dealkylation sites (tertiary alicyclic amines) is 1. The van der Waals surface area contributed by atoms with Gasteiger partial charge in [-0.3, -0.25) is 9.59 Å². The Morgan fingerprint density at radius 3 is 2.57 bits per heavy atom. The summed E-state index contributed by atoms with van der Waals surface area (Å²) in [5.74, 6) is -1.52. The van der Waals surface area contributed by atoms with Crippen molar-refractivity contribution in [3.8, 4) is 0 Å². The van der Waals surface area contributed by atoms with Gasteiger partial charge in [-0.05, 0) is 45.4 Å². The Kier molecular flexibility index (Phi) is 5.71. The number of carbonyl (C=O) groups excluding carboxylic acids is 3. The number of anilines is 1. The van der Waals surface area contributed by atoms with E-state index >= 15 is 0 Å². The molecule has 0 saturated carbocycles. The molecule has 3 rings (SSSR count). The molecular weight excluding hydrogens is 364 g/mol. The number of benzene rings is 1. The molecule has 8 nitrogen and oxygen atoms in total. The number of ether oxygens (including phenoxy) is 2. The first kappa shape index (κ1) is 20.3. The first-order valence-corrected chi connectivity index (χ1v) is 9.40. The normalized spacial score (nSPS) is 21.1. The Hall–Kier alpha value is -2.45. The van der Waals surface area contributed by atoms with Crippen LogP contribution in [0.1, 0.15) is 37.6 Å². The van der Waals surface area contributed by atoms with Crippen LogP contribution in [0.5, 0.6) is 0 Å². The molecule has 2 aliphatic heterocycles. The van der Waals surface area contributed by atoms with Crippen LogP contribution in [0.25, 0.3) is 0 Å². The smallest absolute Gasteiger partial charge is 0.338 e. The highest BCUT2D eigenvalue weighted by Crippen LogP contribution is 2.24. The Balaban J connectivity index is 1.75. The van der Waals surface area contributed by atoms with Crippen LogP contribution in [0.4, 0.5) is 5.69 Å². The van der Waals surface area contributed by atoms with Gasteiger partial charge in [-0.25, -0.2) is 4.79 Å². The minimum absolute atomic E-state index is 0.0702. The second-order valence-corrected chi connectivity index (χ2v) is 7.96. The third-order valence-electron chi connectivity index (χ3n) is 4.60. The van der Waals surface area contributed by atoms with Crippen LogP contribution < -0.4 is 4.90 Å². The van der Waals surface area contributed by atoms with E-state index in [1.165, 1.54) is 4.90 Å². The van der Waals surface area contributed by atoms with Gasteiger partial charge in [0.1, 0.15) is 5.60 Å². The molecule has 1 N–H and O–H groups in total. The van der Waals surface area contributed by atoms with Crippen molar-refractivity contribution in [3.05, 3.63) is 29.8 Å². The van der Waals surface area contributed by atoms with Crippen LogP contribution in [-0.2, 0) is 19.1 Å². The molecule has 2 saturated heterocycles.